The molecule has 0 unspecified atom stereocenters. The summed E-state index contributed by atoms with van der Waals surface area (Å²) >= 11 is 3.03. The van der Waals surface area contributed by atoms with Gasteiger partial charge in [-0.05, 0) is 18.6 Å². The van der Waals surface area contributed by atoms with Crippen molar-refractivity contribution in [1.82, 2.24) is 4.98 Å². The van der Waals surface area contributed by atoms with E-state index in [4.69, 9.17) is 0 Å². The fraction of sp³-hybridized carbons (Fsp3) is 0.111. The van der Waals surface area contributed by atoms with E-state index in [1.54, 1.807) is 11.3 Å². The highest BCUT2D eigenvalue weighted by Crippen LogP contribution is 2.28. The number of carbonyl (C=O) groups excluding carboxylic acids is 1. The van der Waals surface area contributed by atoms with Crippen LogP contribution in [0.25, 0.3) is 11.3 Å². The van der Waals surface area contributed by atoms with Gasteiger partial charge in [0.1, 0.15) is 0 Å². The maximum atomic E-state index is 12.1. The Morgan fingerprint density at radius 3 is 2.65 bits per heavy atom. The van der Waals surface area contributed by atoms with Gasteiger partial charge in [-0.25, -0.2) is 4.98 Å². The van der Waals surface area contributed by atoms with Crippen molar-refractivity contribution >= 4 is 34.7 Å². The van der Waals surface area contributed by atoms with Crippen molar-refractivity contribution in [2.75, 3.05) is 11.1 Å². The van der Waals surface area contributed by atoms with Gasteiger partial charge in [0.2, 0.25) is 5.91 Å². The van der Waals surface area contributed by atoms with Gasteiger partial charge in [0.15, 0.2) is 4.34 Å². The molecule has 0 aliphatic carbocycles. The zero-order chi connectivity index (χ0) is 16.1. The molecule has 0 saturated carbocycles. The molecule has 0 spiro atoms. The van der Waals surface area contributed by atoms with Crippen LogP contribution in [0.4, 0.5) is 5.69 Å². The lowest BCUT2D eigenvalue weighted by atomic mass is 10.2. The van der Waals surface area contributed by atoms with Gasteiger partial charge in [-0.3, -0.25) is 4.79 Å². The molecule has 1 amide bonds. The third-order valence-electron chi connectivity index (χ3n) is 3.30. The van der Waals surface area contributed by atoms with Crippen LogP contribution in [0.15, 0.2) is 64.3 Å². The van der Waals surface area contributed by atoms with Crippen molar-refractivity contribution in [3.05, 3.63) is 65.5 Å². The van der Waals surface area contributed by atoms with E-state index in [1.807, 2.05) is 66.9 Å². The molecule has 1 heterocycles. The number of para-hydroxylation sites is 1. The second-order valence-corrected chi connectivity index (χ2v) is 7.10. The smallest absolute Gasteiger partial charge is 0.234 e. The molecule has 0 atom stereocenters. The van der Waals surface area contributed by atoms with Gasteiger partial charge in [0.25, 0.3) is 0 Å². The van der Waals surface area contributed by atoms with E-state index >= 15 is 0 Å². The van der Waals surface area contributed by atoms with Crippen molar-refractivity contribution in [3.63, 3.8) is 0 Å². The molecule has 116 valence electrons. The minimum atomic E-state index is -0.0132. The van der Waals surface area contributed by atoms with Crippen molar-refractivity contribution in [1.29, 1.82) is 0 Å². The molecule has 0 fully saturated rings. The summed E-state index contributed by atoms with van der Waals surface area (Å²) in [4.78, 5) is 16.6. The maximum Gasteiger partial charge on any atom is 0.234 e. The Morgan fingerprint density at radius 2 is 1.87 bits per heavy atom. The molecule has 0 bridgehead atoms. The van der Waals surface area contributed by atoms with Crippen molar-refractivity contribution in [3.8, 4) is 11.3 Å². The first kappa shape index (κ1) is 15.8. The number of aryl methyl sites for hydroxylation is 1. The summed E-state index contributed by atoms with van der Waals surface area (Å²) in [5, 5.41) is 4.96. The van der Waals surface area contributed by atoms with E-state index in [0.717, 1.165) is 26.8 Å². The standard InChI is InChI=1S/C18H16N2OS2/c1-13-7-5-6-10-15(13)19-17(21)12-23-18-20-16(11-22-18)14-8-3-2-4-9-14/h2-11H,12H2,1H3,(H,19,21). The number of hydrogen-bond donors (Lipinski definition) is 1. The van der Waals surface area contributed by atoms with Gasteiger partial charge in [0, 0.05) is 16.6 Å². The monoisotopic (exact) mass is 340 g/mol. The van der Waals surface area contributed by atoms with Crippen LogP contribution in [0.5, 0.6) is 0 Å². The fourth-order valence-corrected chi connectivity index (χ4v) is 3.73. The number of hydrogen-bond acceptors (Lipinski definition) is 4. The molecule has 1 N–H and O–H groups in total. The van der Waals surface area contributed by atoms with Crippen molar-refractivity contribution < 1.29 is 4.79 Å². The molecule has 5 heteroatoms. The number of rotatable bonds is 5. The number of benzene rings is 2. The first-order chi connectivity index (χ1) is 11.2. The molecule has 23 heavy (non-hydrogen) atoms. The predicted molar refractivity (Wildman–Crippen MR) is 98.1 cm³/mol. The van der Waals surface area contributed by atoms with E-state index in [-0.39, 0.29) is 5.91 Å². The molecular formula is C18H16N2OS2. The maximum absolute atomic E-state index is 12.1. The van der Waals surface area contributed by atoms with Crippen molar-refractivity contribution in [2.24, 2.45) is 0 Å². The molecule has 0 radical (unpaired) electrons. The third-order valence-corrected chi connectivity index (χ3v) is 5.32. The highest BCUT2D eigenvalue weighted by molar-refractivity contribution is 8.01. The highest BCUT2D eigenvalue weighted by Gasteiger charge is 2.09. The number of aromatic nitrogens is 1. The Balaban J connectivity index is 1.58. The van der Waals surface area contributed by atoms with E-state index in [1.165, 1.54) is 11.8 Å². The van der Waals surface area contributed by atoms with E-state index in [0.29, 0.717) is 5.75 Å². The van der Waals surface area contributed by atoms with Crippen LogP contribution in [0, 0.1) is 6.92 Å². The minimum Gasteiger partial charge on any atom is -0.325 e. The Morgan fingerprint density at radius 1 is 1.13 bits per heavy atom. The van der Waals surface area contributed by atoms with Gasteiger partial charge in [-0.2, -0.15) is 0 Å². The Hall–Kier alpha value is -2.11. The van der Waals surface area contributed by atoms with Gasteiger partial charge in [-0.15, -0.1) is 11.3 Å². The highest BCUT2D eigenvalue weighted by atomic mass is 32.2. The number of carbonyl (C=O) groups is 1. The Bertz CT molecular complexity index is 800. The van der Waals surface area contributed by atoms with Crippen molar-refractivity contribution in [2.45, 2.75) is 11.3 Å². The second kappa shape index (κ2) is 7.44. The molecule has 3 aromatic rings. The summed E-state index contributed by atoms with van der Waals surface area (Å²) in [6, 6.07) is 17.8. The third kappa shape index (κ3) is 4.21. The van der Waals surface area contributed by atoms with Crippen LogP contribution >= 0.6 is 23.1 Å². The topological polar surface area (TPSA) is 42.0 Å². The lowest BCUT2D eigenvalue weighted by Crippen LogP contribution is -2.14. The van der Waals surface area contributed by atoms with Gasteiger partial charge < -0.3 is 5.32 Å². The lowest BCUT2D eigenvalue weighted by Gasteiger charge is -2.06. The molecule has 1 aromatic heterocycles. The Kier molecular flexibility index (Phi) is 5.10. The fourth-order valence-electron chi connectivity index (χ4n) is 2.09. The summed E-state index contributed by atoms with van der Waals surface area (Å²) in [6.45, 7) is 1.98. The van der Waals surface area contributed by atoms with E-state index < -0.39 is 0 Å². The molecule has 2 aromatic carbocycles. The van der Waals surface area contributed by atoms with Gasteiger partial charge in [-0.1, -0.05) is 60.3 Å². The average Bonchev–Trinajstić information content (AvgIpc) is 3.05. The summed E-state index contributed by atoms with van der Waals surface area (Å²) in [7, 11) is 0. The van der Waals surface area contributed by atoms with E-state index in [9.17, 15) is 4.79 Å². The molecular weight excluding hydrogens is 324 g/mol. The second-order valence-electron chi connectivity index (χ2n) is 5.02. The minimum absolute atomic E-state index is 0.0132. The molecule has 0 aliphatic heterocycles. The van der Waals surface area contributed by atoms with Gasteiger partial charge in [0.05, 0.1) is 11.4 Å². The number of thioether (sulfide) groups is 1. The normalized spacial score (nSPS) is 10.5. The zero-order valence-corrected chi connectivity index (χ0v) is 14.3. The van der Waals surface area contributed by atoms with E-state index in [2.05, 4.69) is 10.3 Å². The van der Waals surface area contributed by atoms with Gasteiger partial charge >= 0.3 is 0 Å². The largest absolute Gasteiger partial charge is 0.325 e. The molecule has 0 saturated heterocycles. The molecule has 0 aliphatic rings. The lowest BCUT2D eigenvalue weighted by molar-refractivity contribution is -0.113. The summed E-state index contributed by atoms with van der Waals surface area (Å²) < 4.78 is 0.906. The average molecular weight is 340 g/mol. The number of thiazole rings is 1. The quantitative estimate of drug-likeness (QED) is 0.675. The van der Waals surface area contributed by atoms with Crippen LogP contribution in [0.3, 0.4) is 0 Å². The first-order valence-electron chi connectivity index (χ1n) is 7.21. The number of nitrogens with one attached hydrogen (secondary N) is 1. The van der Waals surface area contributed by atoms with Crippen LogP contribution < -0.4 is 5.32 Å². The van der Waals surface area contributed by atoms with Crippen LogP contribution in [-0.4, -0.2) is 16.6 Å². The molecule has 3 nitrogen and oxygen atoms in total. The van der Waals surface area contributed by atoms with Crippen LogP contribution in [-0.2, 0) is 4.79 Å². The number of amides is 1. The Labute approximate surface area is 143 Å². The van der Waals surface area contributed by atoms with Crippen LogP contribution in [0.1, 0.15) is 5.56 Å². The van der Waals surface area contributed by atoms with Crippen LogP contribution in [0.2, 0.25) is 0 Å². The summed E-state index contributed by atoms with van der Waals surface area (Å²) in [5.41, 5.74) is 3.98. The number of nitrogens with zero attached hydrogens (tertiary/aromatic N) is 1. The zero-order valence-electron chi connectivity index (χ0n) is 12.7. The predicted octanol–water partition coefficient (Wildman–Crippen LogP) is 4.85. The molecule has 3 rings (SSSR count). The summed E-state index contributed by atoms with van der Waals surface area (Å²) in [6.07, 6.45) is 0. The SMILES string of the molecule is Cc1ccccc1NC(=O)CSc1nc(-c2ccccc2)cs1. The number of anilines is 1. The summed E-state index contributed by atoms with van der Waals surface area (Å²) in [5.74, 6) is 0.344. The first-order valence-corrected chi connectivity index (χ1v) is 9.08.